The molecule has 0 aromatic heterocycles. The van der Waals surface area contributed by atoms with Gasteiger partial charge < -0.3 is 15.2 Å². The van der Waals surface area contributed by atoms with E-state index in [-0.39, 0.29) is 5.75 Å². The Morgan fingerprint density at radius 2 is 1.86 bits per heavy atom. The van der Waals surface area contributed by atoms with Crippen LogP contribution < -0.4 is 10.1 Å². The summed E-state index contributed by atoms with van der Waals surface area (Å²) in [6, 6.07) is 4.65. The van der Waals surface area contributed by atoms with Crippen molar-refractivity contribution < 1.29 is 23.8 Å². The number of amides is 1. The van der Waals surface area contributed by atoms with Crippen LogP contribution in [0.2, 0.25) is 0 Å². The fourth-order valence-electron chi connectivity index (χ4n) is 1.69. The molecule has 0 aliphatic rings. The first-order valence-corrected chi connectivity index (χ1v) is 6.57. The molecule has 2 N–H and O–H groups in total. The van der Waals surface area contributed by atoms with Gasteiger partial charge >= 0.3 is 5.97 Å². The lowest BCUT2D eigenvalue weighted by atomic mass is 9.86. The minimum absolute atomic E-state index is 0.0530. The summed E-state index contributed by atoms with van der Waals surface area (Å²) in [6.45, 7) is 6.54. The zero-order valence-corrected chi connectivity index (χ0v) is 12.5. The third-order valence-electron chi connectivity index (χ3n) is 2.91. The first-order valence-electron chi connectivity index (χ1n) is 6.57. The van der Waals surface area contributed by atoms with Crippen LogP contribution in [0.5, 0.6) is 5.75 Å². The van der Waals surface area contributed by atoms with Crippen molar-refractivity contribution in [2.45, 2.75) is 39.8 Å². The van der Waals surface area contributed by atoms with E-state index in [1.807, 2.05) is 0 Å². The molecule has 0 spiro atoms. The van der Waals surface area contributed by atoms with Crippen LogP contribution in [-0.4, -0.2) is 29.1 Å². The van der Waals surface area contributed by atoms with Crippen molar-refractivity contribution in [3.8, 4) is 5.75 Å². The van der Waals surface area contributed by atoms with E-state index >= 15 is 0 Å². The molecule has 1 unspecified atom stereocenters. The summed E-state index contributed by atoms with van der Waals surface area (Å²) in [5.74, 6) is -2.37. The van der Waals surface area contributed by atoms with Crippen LogP contribution in [0.3, 0.4) is 0 Å². The van der Waals surface area contributed by atoms with E-state index in [9.17, 15) is 14.0 Å². The fourth-order valence-corrected chi connectivity index (χ4v) is 1.69. The number of para-hydroxylation sites is 1. The molecular weight excluding hydrogens is 277 g/mol. The van der Waals surface area contributed by atoms with Gasteiger partial charge in [0, 0.05) is 0 Å². The lowest BCUT2D eigenvalue weighted by Gasteiger charge is -2.28. The van der Waals surface area contributed by atoms with Gasteiger partial charge in [-0.1, -0.05) is 32.9 Å². The second-order valence-electron chi connectivity index (χ2n) is 5.84. The molecule has 0 aliphatic carbocycles. The molecule has 0 fully saturated rings. The van der Waals surface area contributed by atoms with Crippen LogP contribution in [0.1, 0.15) is 27.7 Å². The summed E-state index contributed by atoms with van der Waals surface area (Å²) >= 11 is 0. The Balaban J connectivity index is 2.75. The topological polar surface area (TPSA) is 75.6 Å². The van der Waals surface area contributed by atoms with Crippen LogP contribution in [0, 0.1) is 11.2 Å². The number of hydrogen-bond donors (Lipinski definition) is 2. The number of carboxylic acids is 1. The Bertz CT molecular complexity index is 525. The van der Waals surface area contributed by atoms with E-state index in [2.05, 4.69) is 5.32 Å². The van der Waals surface area contributed by atoms with Crippen molar-refractivity contribution in [2.75, 3.05) is 0 Å². The highest BCUT2D eigenvalue weighted by molar-refractivity contribution is 5.86. The summed E-state index contributed by atoms with van der Waals surface area (Å²) in [5, 5.41) is 11.6. The smallest absolute Gasteiger partial charge is 0.326 e. The highest BCUT2D eigenvalue weighted by atomic mass is 19.1. The second-order valence-corrected chi connectivity index (χ2v) is 5.84. The fraction of sp³-hybridized carbons (Fsp3) is 0.467. The first-order chi connectivity index (χ1) is 9.62. The van der Waals surface area contributed by atoms with Gasteiger partial charge in [-0.2, -0.15) is 0 Å². The van der Waals surface area contributed by atoms with Crippen molar-refractivity contribution >= 4 is 11.9 Å². The third kappa shape index (κ3) is 4.73. The van der Waals surface area contributed by atoms with E-state index in [0.717, 1.165) is 0 Å². The van der Waals surface area contributed by atoms with E-state index in [0.29, 0.717) is 0 Å². The van der Waals surface area contributed by atoms with Gasteiger partial charge in [-0.25, -0.2) is 9.18 Å². The SMILES string of the molecule is CC(Oc1ccccc1F)C(=O)N[C@H](C(=O)O)C(C)(C)C. The van der Waals surface area contributed by atoms with Crippen molar-refractivity contribution in [2.24, 2.45) is 5.41 Å². The van der Waals surface area contributed by atoms with Crippen LogP contribution in [-0.2, 0) is 9.59 Å². The maximum atomic E-state index is 13.4. The van der Waals surface area contributed by atoms with E-state index in [4.69, 9.17) is 9.84 Å². The zero-order valence-electron chi connectivity index (χ0n) is 12.5. The van der Waals surface area contributed by atoms with Gasteiger partial charge in [0.1, 0.15) is 6.04 Å². The molecule has 1 rings (SSSR count). The zero-order chi connectivity index (χ0) is 16.2. The van der Waals surface area contributed by atoms with Crippen molar-refractivity contribution in [1.82, 2.24) is 5.32 Å². The van der Waals surface area contributed by atoms with Crippen LogP contribution in [0.15, 0.2) is 24.3 Å². The molecule has 5 nitrogen and oxygen atoms in total. The highest BCUT2D eigenvalue weighted by Gasteiger charge is 2.34. The second kappa shape index (κ2) is 6.56. The number of carbonyl (C=O) groups excluding carboxylic acids is 1. The molecule has 1 aromatic carbocycles. The van der Waals surface area contributed by atoms with Gasteiger partial charge in [-0.3, -0.25) is 4.79 Å². The number of ether oxygens (including phenoxy) is 1. The predicted molar refractivity (Wildman–Crippen MR) is 75.5 cm³/mol. The van der Waals surface area contributed by atoms with Crippen LogP contribution in [0.25, 0.3) is 0 Å². The van der Waals surface area contributed by atoms with Crippen molar-refractivity contribution in [1.29, 1.82) is 0 Å². The standard InChI is InChI=1S/C15H20FNO4/c1-9(21-11-8-6-5-7-10(11)16)13(18)17-12(14(19)20)15(2,3)4/h5-9,12H,1-4H3,(H,17,18)(H,19,20)/t9?,12-/m1/s1. The molecular formula is C15H20FNO4. The number of halogens is 1. The average molecular weight is 297 g/mol. The normalized spacial score (nSPS) is 14.1. The van der Waals surface area contributed by atoms with Crippen LogP contribution >= 0.6 is 0 Å². The number of aliphatic carboxylic acids is 1. The molecule has 21 heavy (non-hydrogen) atoms. The average Bonchev–Trinajstić information content (AvgIpc) is 2.36. The maximum Gasteiger partial charge on any atom is 0.326 e. The molecule has 2 atom stereocenters. The number of nitrogens with one attached hydrogen (secondary N) is 1. The first kappa shape index (κ1) is 16.9. The van der Waals surface area contributed by atoms with Gasteiger partial charge in [0.2, 0.25) is 0 Å². The minimum Gasteiger partial charge on any atom is -0.480 e. The highest BCUT2D eigenvalue weighted by Crippen LogP contribution is 2.20. The van der Waals surface area contributed by atoms with Gasteiger partial charge in [0.25, 0.3) is 5.91 Å². The third-order valence-corrected chi connectivity index (χ3v) is 2.91. The van der Waals surface area contributed by atoms with E-state index < -0.39 is 35.3 Å². The molecule has 0 saturated heterocycles. The monoisotopic (exact) mass is 297 g/mol. The van der Waals surface area contributed by atoms with Crippen LogP contribution in [0.4, 0.5) is 4.39 Å². The molecule has 116 valence electrons. The van der Waals surface area contributed by atoms with Crippen molar-refractivity contribution in [3.63, 3.8) is 0 Å². The Labute approximate surface area is 123 Å². The quantitative estimate of drug-likeness (QED) is 0.873. The molecule has 0 radical (unpaired) electrons. The molecule has 1 amide bonds. The summed E-state index contributed by atoms with van der Waals surface area (Å²) < 4.78 is 18.7. The lowest BCUT2D eigenvalue weighted by Crippen LogP contribution is -2.52. The lowest BCUT2D eigenvalue weighted by molar-refractivity contribution is -0.146. The van der Waals surface area contributed by atoms with E-state index in [1.54, 1.807) is 26.8 Å². The number of hydrogen-bond acceptors (Lipinski definition) is 3. The molecule has 0 heterocycles. The van der Waals surface area contributed by atoms with Gasteiger partial charge in [0.15, 0.2) is 17.7 Å². The van der Waals surface area contributed by atoms with E-state index in [1.165, 1.54) is 25.1 Å². The summed E-state index contributed by atoms with van der Waals surface area (Å²) in [5.41, 5.74) is -0.654. The van der Waals surface area contributed by atoms with Gasteiger partial charge in [0.05, 0.1) is 0 Å². The predicted octanol–water partition coefficient (Wildman–Crippen LogP) is 2.21. The molecule has 1 aromatic rings. The Morgan fingerprint density at radius 1 is 1.29 bits per heavy atom. The molecule has 0 saturated carbocycles. The van der Waals surface area contributed by atoms with Gasteiger partial charge in [-0.15, -0.1) is 0 Å². The Kier molecular flexibility index (Phi) is 5.29. The molecule has 6 heteroatoms. The molecule has 0 aliphatic heterocycles. The van der Waals surface area contributed by atoms with Gasteiger partial charge in [-0.05, 0) is 24.5 Å². The minimum atomic E-state index is -1.13. The summed E-state index contributed by atoms with van der Waals surface area (Å²) in [4.78, 5) is 23.2. The number of carbonyl (C=O) groups is 2. The number of rotatable bonds is 5. The largest absolute Gasteiger partial charge is 0.480 e. The molecule has 0 bridgehead atoms. The number of benzene rings is 1. The number of carboxylic acid groups (broad SMARTS) is 1. The Morgan fingerprint density at radius 3 is 2.33 bits per heavy atom. The Hall–Kier alpha value is -2.11. The summed E-state index contributed by atoms with van der Waals surface area (Å²) in [6.07, 6.45) is -1.01. The maximum absolute atomic E-state index is 13.4. The summed E-state index contributed by atoms with van der Waals surface area (Å²) in [7, 11) is 0. The van der Waals surface area contributed by atoms with Crippen molar-refractivity contribution in [3.05, 3.63) is 30.1 Å².